The number of nitrogens with one attached hydrogen (secondary N) is 1. The quantitative estimate of drug-likeness (QED) is 0.673. The molecule has 5 rings (SSSR count). The lowest BCUT2D eigenvalue weighted by molar-refractivity contribution is -0.137. The SMILES string of the molecule is CCO[C@@H]1C[C@H]2COc3nc4c(cnn4cc3C)-c3cc(cc(OC)c3)NCCN2C1=O. The maximum atomic E-state index is 12.9. The first kappa shape index (κ1) is 20.6. The van der Waals surface area contributed by atoms with Gasteiger partial charge in [-0.2, -0.15) is 10.1 Å². The van der Waals surface area contributed by atoms with Gasteiger partial charge < -0.3 is 24.4 Å². The molecular formula is C23H27N5O4. The van der Waals surface area contributed by atoms with Crippen molar-refractivity contribution in [1.82, 2.24) is 19.5 Å². The fourth-order valence-electron chi connectivity index (χ4n) is 4.44. The second-order valence-electron chi connectivity index (χ2n) is 8.11. The summed E-state index contributed by atoms with van der Waals surface area (Å²) in [6.45, 7) is 5.87. The number of benzene rings is 1. The summed E-state index contributed by atoms with van der Waals surface area (Å²) in [5.74, 6) is 1.29. The van der Waals surface area contributed by atoms with Crippen molar-refractivity contribution in [2.75, 3.05) is 38.7 Å². The van der Waals surface area contributed by atoms with Gasteiger partial charge in [-0.05, 0) is 31.5 Å². The van der Waals surface area contributed by atoms with Crippen LogP contribution in [0.4, 0.5) is 5.69 Å². The fraction of sp³-hybridized carbons (Fsp3) is 0.435. The third kappa shape index (κ3) is 3.62. The third-order valence-corrected chi connectivity index (χ3v) is 6.03. The van der Waals surface area contributed by atoms with Crippen LogP contribution in [0.1, 0.15) is 18.9 Å². The van der Waals surface area contributed by atoms with Crippen LogP contribution in [0, 0.1) is 6.92 Å². The van der Waals surface area contributed by atoms with Crippen molar-refractivity contribution in [3.8, 4) is 22.8 Å². The Balaban J connectivity index is 1.58. The fourth-order valence-corrected chi connectivity index (χ4v) is 4.44. The van der Waals surface area contributed by atoms with Gasteiger partial charge in [0.15, 0.2) is 5.65 Å². The number of ether oxygens (including phenoxy) is 3. The molecule has 0 saturated carbocycles. The second kappa shape index (κ2) is 8.31. The average molecular weight is 438 g/mol. The maximum absolute atomic E-state index is 12.9. The number of methoxy groups -OCH3 is 1. The van der Waals surface area contributed by atoms with E-state index in [2.05, 4.69) is 10.4 Å². The summed E-state index contributed by atoms with van der Waals surface area (Å²) >= 11 is 0. The summed E-state index contributed by atoms with van der Waals surface area (Å²) in [6, 6.07) is 5.87. The van der Waals surface area contributed by atoms with E-state index in [1.165, 1.54) is 0 Å². The summed E-state index contributed by atoms with van der Waals surface area (Å²) in [5.41, 5.74) is 4.32. The maximum Gasteiger partial charge on any atom is 0.252 e. The zero-order chi connectivity index (χ0) is 22.2. The summed E-state index contributed by atoms with van der Waals surface area (Å²) in [5, 5.41) is 7.91. The Hall–Kier alpha value is -3.33. The van der Waals surface area contributed by atoms with E-state index in [0.717, 1.165) is 28.1 Å². The molecule has 2 aromatic heterocycles. The summed E-state index contributed by atoms with van der Waals surface area (Å²) in [7, 11) is 1.65. The van der Waals surface area contributed by atoms with E-state index in [4.69, 9.17) is 19.2 Å². The Kier molecular flexibility index (Phi) is 5.34. The van der Waals surface area contributed by atoms with Crippen molar-refractivity contribution in [2.45, 2.75) is 32.4 Å². The number of hydrogen-bond acceptors (Lipinski definition) is 7. The standard InChI is InChI=1S/C23H27N5O4/c1-4-31-20-10-17-13-32-22-14(2)12-28-21(26-22)19(11-25-28)15-7-16(9-18(8-15)30-3)24-5-6-27(17)23(20)29/h7-9,11-12,17,20,24H,4-6,10,13H2,1-3H3/t17-,20+/m0/s1. The number of aromatic nitrogens is 3. The van der Waals surface area contributed by atoms with Crippen molar-refractivity contribution in [3.63, 3.8) is 0 Å². The lowest BCUT2D eigenvalue weighted by Crippen LogP contribution is -2.41. The zero-order valence-electron chi connectivity index (χ0n) is 18.5. The molecule has 4 heterocycles. The van der Waals surface area contributed by atoms with Gasteiger partial charge in [0.05, 0.1) is 19.3 Å². The van der Waals surface area contributed by atoms with E-state index in [1.54, 1.807) is 17.8 Å². The highest BCUT2D eigenvalue weighted by atomic mass is 16.5. The molecule has 0 radical (unpaired) electrons. The molecule has 2 atom stereocenters. The van der Waals surface area contributed by atoms with Gasteiger partial charge in [-0.15, -0.1) is 0 Å². The number of anilines is 1. The van der Waals surface area contributed by atoms with E-state index in [1.807, 2.05) is 43.1 Å². The smallest absolute Gasteiger partial charge is 0.252 e. The van der Waals surface area contributed by atoms with Crippen molar-refractivity contribution in [1.29, 1.82) is 0 Å². The molecule has 2 aliphatic heterocycles. The molecule has 32 heavy (non-hydrogen) atoms. The first-order valence-electron chi connectivity index (χ1n) is 10.9. The van der Waals surface area contributed by atoms with E-state index in [-0.39, 0.29) is 11.9 Å². The molecule has 1 amide bonds. The summed E-state index contributed by atoms with van der Waals surface area (Å²) in [6.07, 6.45) is 3.90. The van der Waals surface area contributed by atoms with Crippen LogP contribution in [0.3, 0.4) is 0 Å². The normalized spacial score (nSPS) is 20.6. The van der Waals surface area contributed by atoms with Crippen molar-refractivity contribution >= 4 is 17.2 Å². The molecule has 0 unspecified atom stereocenters. The van der Waals surface area contributed by atoms with Crippen LogP contribution in [-0.4, -0.2) is 71.0 Å². The van der Waals surface area contributed by atoms with Crippen molar-refractivity contribution in [3.05, 3.63) is 36.2 Å². The van der Waals surface area contributed by atoms with E-state index < -0.39 is 6.10 Å². The van der Waals surface area contributed by atoms with Gasteiger partial charge in [-0.25, -0.2) is 4.52 Å². The van der Waals surface area contributed by atoms with Gasteiger partial charge in [0.1, 0.15) is 18.5 Å². The molecule has 9 heteroatoms. The molecule has 1 fully saturated rings. The van der Waals surface area contributed by atoms with Crippen LogP contribution < -0.4 is 14.8 Å². The number of fused-ring (bicyclic) bond motifs is 5. The number of aryl methyl sites for hydroxylation is 1. The Morgan fingerprint density at radius 3 is 3.00 bits per heavy atom. The molecule has 0 spiro atoms. The number of carbonyl (C=O) groups excluding carboxylic acids is 1. The van der Waals surface area contributed by atoms with Gasteiger partial charge in [0, 0.05) is 55.2 Å². The lowest BCUT2D eigenvalue weighted by Gasteiger charge is -2.25. The van der Waals surface area contributed by atoms with Gasteiger partial charge >= 0.3 is 0 Å². The van der Waals surface area contributed by atoms with Crippen LogP contribution in [0.2, 0.25) is 0 Å². The molecule has 1 aromatic carbocycles. The highest BCUT2D eigenvalue weighted by Crippen LogP contribution is 2.32. The molecule has 3 aromatic rings. The molecule has 1 saturated heterocycles. The van der Waals surface area contributed by atoms with Gasteiger partial charge in [-0.3, -0.25) is 4.79 Å². The number of rotatable bonds is 3. The van der Waals surface area contributed by atoms with Crippen LogP contribution in [0.25, 0.3) is 16.8 Å². The van der Waals surface area contributed by atoms with Gasteiger partial charge in [-0.1, -0.05) is 0 Å². The predicted molar refractivity (Wildman–Crippen MR) is 119 cm³/mol. The summed E-state index contributed by atoms with van der Waals surface area (Å²) in [4.78, 5) is 19.6. The average Bonchev–Trinajstić information content (AvgIpc) is 3.32. The van der Waals surface area contributed by atoms with Crippen LogP contribution in [-0.2, 0) is 9.53 Å². The Morgan fingerprint density at radius 1 is 1.31 bits per heavy atom. The zero-order valence-corrected chi connectivity index (χ0v) is 18.5. The lowest BCUT2D eigenvalue weighted by atomic mass is 10.1. The first-order valence-corrected chi connectivity index (χ1v) is 10.9. The number of hydrogen-bond donors (Lipinski definition) is 1. The minimum Gasteiger partial charge on any atom is -0.497 e. The highest BCUT2D eigenvalue weighted by Gasteiger charge is 2.40. The number of amides is 1. The van der Waals surface area contributed by atoms with E-state index in [0.29, 0.717) is 44.3 Å². The molecule has 0 aliphatic carbocycles. The molecule has 1 N–H and O–H groups in total. The molecule has 168 valence electrons. The van der Waals surface area contributed by atoms with E-state index in [9.17, 15) is 4.79 Å². The summed E-state index contributed by atoms with van der Waals surface area (Å²) < 4.78 is 19.1. The van der Waals surface area contributed by atoms with Crippen molar-refractivity contribution < 1.29 is 19.0 Å². The highest BCUT2D eigenvalue weighted by molar-refractivity contribution is 5.84. The van der Waals surface area contributed by atoms with Crippen LogP contribution in [0.5, 0.6) is 11.6 Å². The third-order valence-electron chi connectivity index (χ3n) is 6.03. The van der Waals surface area contributed by atoms with Crippen LogP contribution in [0.15, 0.2) is 30.6 Å². The van der Waals surface area contributed by atoms with Gasteiger partial charge in [0.25, 0.3) is 5.91 Å². The molecule has 9 nitrogen and oxygen atoms in total. The molecular weight excluding hydrogens is 410 g/mol. The minimum absolute atomic E-state index is 0.0129. The second-order valence-corrected chi connectivity index (χ2v) is 8.11. The topological polar surface area (TPSA) is 90.2 Å². The Morgan fingerprint density at radius 2 is 2.19 bits per heavy atom. The Bertz CT molecular complexity index is 1160. The Labute approximate surface area is 186 Å². The molecule has 4 bridgehead atoms. The first-order chi connectivity index (χ1) is 15.6. The van der Waals surface area contributed by atoms with Crippen molar-refractivity contribution in [2.24, 2.45) is 0 Å². The molecule has 2 aliphatic rings. The minimum atomic E-state index is -0.425. The van der Waals surface area contributed by atoms with Gasteiger partial charge in [0.2, 0.25) is 5.88 Å². The number of nitrogens with zero attached hydrogens (tertiary/aromatic N) is 4. The largest absolute Gasteiger partial charge is 0.497 e. The van der Waals surface area contributed by atoms with E-state index >= 15 is 0 Å². The van der Waals surface area contributed by atoms with Crippen LogP contribution >= 0.6 is 0 Å². The number of carbonyl (C=O) groups is 1. The predicted octanol–water partition coefficient (Wildman–Crippen LogP) is 2.52. The monoisotopic (exact) mass is 437 g/mol.